The summed E-state index contributed by atoms with van der Waals surface area (Å²) in [4.78, 5) is 147. The first kappa shape index (κ1) is 78.8. The average Bonchev–Trinajstić information content (AvgIpc) is 1.65. The van der Waals surface area contributed by atoms with Gasteiger partial charge in [-0.3, -0.25) is 76.5 Å². The third kappa shape index (κ3) is 14.9. The van der Waals surface area contributed by atoms with Crippen LogP contribution in [0.2, 0.25) is 0 Å². The first-order valence-corrected chi connectivity index (χ1v) is 32.0. The normalized spacial score (nSPS) is 34.1. The number of aliphatic hydroxyl groups excluding tert-OH is 2. The Morgan fingerprint density at radius 2 is 0.786 bits per heavy atom. The molecule has 5 aromatic rings. The molecule has 542 valence electrons. The number of carbonyl (C=O) groups is 2. The van der Waals surface area contributed by atoms with Crippen LogP contribution in [0.25, 0.3) is 0 Å². The number of aromatic amines is 5. The lowest BCUT2D eigenvalue weighted by molar-refractivity contribution is -0.150. The third-order valence-electron chi connectivity index (χ3n) is 20.2. The van der Waals surface area contributed by atoms with Crippen LogP contribution in [0, 0.1) is 29.6 Å². The summed E-state index contributed by atoms with van der Waals surface area (Å²) in [6.45, 7) is 25.4. The van der Waals surface area contributed by atoms with Crippen molar-refractivity contribution in [3.8, 4) is 0 Å². The largest absolute Gasteiger partial charge is 0.393 e. The lowest BCUT2D eigenvalue weighted by Crippen LogP contribution is -2.45. The highest BCUT2D eigenvalue weighted by atomic mass is 19.2. The molecular formula is C64H87F5N10O19. The van der Waals surface area contributed by atoms with Crippen LogP contribution in [-0.2, 0) is 33.3 Å². The quantitative estimate of drug-likeness (QED) is 0.0446. The Balaban J connectivity index is 0.000000193. The first-order valence-electron chi connectivity index (χ1n) is 32.0. The molecule has 98 heavy (non-hydrogen) atoms. The second-order valence-corrected chi connectivity index (χ2v) is 25.1. The van der Waals surface area contributed by atoms with E-state index in [9.17, 15) is 89.7 Å². The number of aldehydes is 1. The van der Waals surface area contributed by atoms with E-state index in [1.807, 2.05) is 16.9 Å². The minimum atomic E-state index is -1.51. The molecule has 5 aliphatic heterocycles. The van der Waals surface area contributed by atoms with Gasteiger partial charge in [0.25, 0.3) is 27.8 Å². The molecule has 5 saturated heterocycles. The van der Waals surface area contributed by atoms with Crippen molar-refractivity contribution in [3.63, 3.8) is 0 Å². The molecule has 0 aromatic carbocycles. The minimum Gasteiger partial charge on any atom is -0.393 e. The number of nitrogens with one attached hydrogen (secondary N) is 5. The third-order valence-corrected chi connectivity index (χ3v) is 20.2. The Kier molecular flexibility index (Phi) is 25.2. The van der Waals surface area contributed by atoms with Gasteiger partial charge in [-0.1, -0.05) is 75.8 Å². The number of Topliss-reactive ketones (excluding diaryl/α,β-unsaturated/α-hetero) is 1. The summed E-state index contributed by atoms with van der Waals surface area (Å²) in [5.74, 6) is -3.15. The standard InChI is InChI=1S/C14H19FN2O3.C13H19FN2O4.C13H17FN2O4.C12H17FN2O4.C12H15FN2O4/c1-5-14(8(2)3)9(4)11(15)12(20-14)17-7-6-10(18)16-13(17)19;2*1-4-13(8(3)17)7(2)10(14)11(20-13)16-6-5-9(18)15-12(16)19;2*1-3-12(6-16)7(2)9(13)10(19-12)15-5-4-8(17)14-11(15)18/h6-7,9,11-12H,2,5H2,1,3-4H3,(H,16,18,19);5-8,10-11,17H,4H2,1-3H3,(H,15,18,19);5-7,10-11H,4H2,1-3H3,(H,15,18,19);4-5,7,9-10,16H,3,6H2,1-2H3,(H,14,17,18);4-7,9-10H,3H2,1-2H3,(H,14,17,18)/t9-,11-,12+,14-;7-,8?,10-,11+,13+;7-,10-,11+,13+;2*7-,9-,10+,12-/m00000/s1. The van der Waals surface area contributed by atoms with Crippen molar-refractivity contribution in [3.05, 3.63) is 178 Å². The van der Waals surface area contributed by atoms with E-state index in [-0.39, 0.29) is 12.4 Å². The first-order chi connectivity index (χ1) is 45.9. The van der Waals surface area contributed by atoms with Crippen molar-refractivity contribution < 1.29 is 65.4 Å². The van der Waals surface area contributed by atoms with E-state index in [0.717, 1.165) is 52.7 Å². The van der Waals surface area contributed by atoms with Gasteiger partial charge in [0.2, 0.25) is 0 Å². The molecule has 34 heteroatoms. The topological polar surface area (TPSA) is 395 Å². The number of carbonyl (C=O) groups excluding carboxylic acids is 2. The zero-order valence-corrected chi connectivity index (χ0v) is 56.5. The lowest BCUT2D eigenvalue weighted by Gasteiger charge is -2.34. The van der Waals surface area contributed by atoms with Crippen LogP contribution in [-0.4, -0.2) is 142 Å². The fraction of sp³-hybridized carbons (Fsp3) is 0.625. The molecular weight excluding hydrogens is 1310 g/mol. The minimum absolute atomic E-state index is 0.268. The summed E-state index contributed by atoms with van der Waals surface area (Å²) < 4.78 is 105. The molecule has 0 radical (unpaired) electrons. The number of nitrogens with zero attached hydrogens (tertiary/aromatic N) is 5. The summed E-state index contributed by atoms with van der Waals surface area (Å²) in [5, 5.41) is 19.4. The van der Waals surface area contributed by atoms with Gasteiger partial charge in [-0.15, -0.1) is 0 Å². The van der Waals surface area contributed by atoms with Crippen molar-refractivity contribution in [2.45, 2.75) is 218 Å². The predicted octanol–water partition coefficient (Wildman–Crippen LogP) is 3.68. The van der Waals surface area contributed by atoms with Gasteiger partial charge in [-0.25, -0.2) is 45.9 Å². The van der Waals surface area contributed by atoms with Gasteiger partial charge < -0.3 is 38.7 Å². The molecule has 10 rings (SSSR count). The number of hydrogen-bond acceptors (Lipinski definition) is 19. The highest BCUT2D eigenvalue weighted by Gasteiger charge is 2.59. The molecule has 5 aromatic heterocycles. The van der Waals surface area contributed by atoms with E-state index < -0.39 is 182 Å². The molecule has 1 unspecified atom stereocenters. The van der Waals surface area contributed by atoms with Crippen molar-refractivity contribution in [2.24, 2.45) is 29.6 Å². The van der Waals surface area contributed by atoms with Crippen molar-refractivity contribution in [1.29, 1.82) is 0 Å². The lowest BCUT2D eigenvalue weighted by atomic mass is 9.80. The fourth-order valence-electron chi connectivity index (χ4n) is 13.5. The second kappa shape index (κ2) is 31.4. The Morgan fingerprint density at radius 1 is 0.480 bits per heavy atom. The van der Waals surface area contributed by atoms with Gasteiger partial charge in [-0.05, 0) is 58.4 Å². The maximum Gasteiger partial charge on any atom is 0.330 e. The number of H-pyrrole nitrogens is 5. The van der Waals surface area contributed by atoms with Crippen molar-refractivity contribution in [1.82, 2.24) is 47.8 Å². The zero-order valence-electron chi connectivity index (χ0n) is 56.5. The molecule has 29 nitrogen and oxygen atoms in total. The smallest absolute Gasteiger partial charge is 0.330 e. The van der Waals surface area contributed by atoms with Gasteiger partial charge in [0, 0.05) is 90.9 Å². The van der Waals surface area contributed by atoms with E-state index in [1.54, 1.807) is 76.2 Å². The fourth-order valence-corrected chi connectivity index (χ4v) is 13.5. The summed E-state index contributed by atoms with van der Waals surface area (Å²) in [6.07, 6.45) is -5.23. The molecule has 0 aliphatic carbocycles. The Morgan fingerprint density at radius 3 is 1.02 bits per heavy atom. The van der Waals surface area contributed by atoms with Crippen LogP contribution in [0.1, 0.15) is 153 Å². The monoisotopic (exact) mass is 1390 g/mol. The van der Waals surface area contributed by atoms with Gasteiger partial charge in [-0.2, -0.15) is 0 Å². The van der Waals surface area contributed by atoms with Crippen LogP contribution in [0.4, 0.5) is 22.0 Å². The molecule has 0 bridgehead atoms. The average molecular weight is 1400 g/mol. The number of halogens is 5. The van der Waals surface area contributed by atoms with Crippen LogP contribution in [0.15, 0.2) is 121 Å². The summed E-state index contributed by atoms with van der Waals surface area (Å²) in [5.41, 5.74) is -11.0. The second-order valence-electron chi connectivity index (χ2n) is 25.1. The highest BCUT2D eigenvalue weighted by molar-refractivity contribution is 5.85. The number of alkyl halides is 5. The van der Waals surface area contributed by atoms with E-state index in [2.05, 4.69) is 21.5 Å². The number of ether oxygens (including phenoxy) is 5. The number of hydrogen-bond donors (Lipinski definition) is 7. The summed E-state index contributed by atoms with van der Waals surface area (Å²) in [7, 11) is 0. The van der Waals surface area contributed by atoms with Gasteiger partial charge in [0.1, 0.15) is 16.8 Å². The maximum absolute atomic E-state index is 14.6. The van der Waals surface area contributed by atoms with Crippen molar-refractivity contribution in [2.75, 3.05) is 6.61 Å². The number of ketones is 1. The Labute approximate surface area is 555 Å². The molecule has 7 N–H and O–H groups in total. The molecule has 5 aliphatic rings. The van der Waals surface area contributed by atoms with Gasteiger partial charge in [0.05, 0.1) is 23.9 Å². The van der Waals surface area contributed by atoms with Gasteiger partial charge >= 0.3 is 28.4 Å². The number of aromatic nitrogens is 10. The van der Waals surface area contributed by atoms with Crippen LogP contribution < -0.4 is 56.2 Å². The zero-order chi connectivity index (χ0) is 73.6. The molecule has 5 fully saturated rings. The number of rotatable bonds is 15. The van der Waals surface area contributed by atoms with Crippen LogP contribution in [0.5, 0.6) is 0 Å². The molecule has 0 saturated carbocycles. The maximum atomic E-state index is 14.6. The summed E-state index contributed by atoms with van der Waals surface area (Å²) in [6, 6.07) is 5.66. The molecule has 21 atom stereocenters. The Bertz CT molecular complexity index is 4160. The SMILES string of the molecule is C=C(C)[C@]1(CC)O[C@@H](n2ccc(=O)[nH]c2=O)[C@@H](F)[C@@H]1C.CC[C@@]1(C(C)=O)O[C@@H](n2ccc(=O)[nH]c2=O)[C@@H](F)[C@@H]1C.CC[C@@]1(C(C)O)O[C@@H](n2ccc(=O)[nH]c2=O)[C@@H](F)[C@@H]1C.CC[C@@]1(C=O)O[C@@H](n2ccc(=O)[nH]c2=O)[C@@H](F)[C@@H]1C.CC[C@@]1(CO)O[C@@H](n2ccc(=O)[nH]c2=O)[C@@H](F)[C@@H]1C. The summed E-state index contributed by atoms with van der Waals surface area (Å²) >= 11 is 0. The molecule has 10 heterocycles. The number of aliphatic hydroxyl groups is 2. The van der Waals surface area contributed by atoms with E-state index >= 15 is 0 Å². The Hall–Kier alpha value is -8.15. The van der Waals surface area contributed by atoms with Crippen molar-refractivity contribution >= 4 is 12.1 Å². The molecule has 0 amide bonds. The van der Waals surface area contributed by atoms with E-state index in [0.29, 0.717) is 38.4 Å². The van der Waals surface area contributed by atoms with Crippen LogP contribution in [0.3, 0.4) is 0 Å². The van der Waals surface area contributed by atoms with E-state index in [1.165, 1.54) is 44.0 Å². The van der Waals surface area contributed by atoms with E-state index in [4.69, 9.17) is 23.7 Å². The molecule has 0 spiro atoms. The van der Waals surface area contributed by atoms with Gasteiger partial charge in [0.15, 0.2) is 74.1 Å². The predicted molar refractivity (Wildman–Crippen MR) is 343 cm³/mol. The van der Waals surface area contributed by atoms with Crippen LogP contribution >= 0.6 is 0 Å². The highest BCUT2D eigenvalue weighted by Crippen LogP contribution is 2.50.